The second-order valence-corrected chi connectivity index (χ2v) is 17.4. The summed E-state index contributed by atoms with van der Waals surface area (Å²) in [7, 11) is 0. The number of fused-ring (bicyclic) bond motifs is 6. The van der Waals surface area contributed by atoms with Gasteiger partial charge < -0.3 is 33.7 Å². The predicted molar refractivity (Wildman–Crippen MR) is 220 cm³/mol. The molecule has 13 heteroatoms. The molecule has 0 unspecified atom stereocenters. The summed E-state index contributed by atoms with van der Waals surface area (Å²) in [5.41, 5.74) is 2.18. The fourth-order valence-electron chi connectivity index (χ4n) is 8.89. The fourth-order valence-corrected chi connectivity index (χ4v) is 8.89. The highest BCUT2D eigenvalue weighted by atomic mass is 16.7. The summed E-state index contributed by atoms with van der Waals surface area (Å²) in [5, 5.41) is 2.80. The molecule has 0 aromatic carbocycles. The number of hydrogen-bond acceptors (Lipinski definition) is 12. The lowest BCUT2D eigenvalue weighted by Gasteiger charge is -2.20. The van der Waals surface area contributed by atoms with Gasteiger partial charge in [0.05, 0.1) is 11.2 Å². The highest BCUT2D eigenvalue weighted by molar-refractivity contribution is 5.96. The van der Waals surface area contributed by atoms with Crippen LogP contribution in [0.2, 0.25) is 0 Å². The molecule has 6 rings (SSSR count). The number of ketones is 1. The highest BCUT2D eigenvalue weighted by Crippen LogP contribution is 2.51. The molecule has 6 aliphatic rings. The van der Waals surface area contributed by atoms with Crippen molar-refractivity contribution in [2.24, 2.45) is 11.8 Å². The van der Waals surface area contributed by atoms with Crippen molar-refractivity contribution in [2.45, 2.75) is 152 Å². The number of rotatable bonds is 18. The highest BCUT2D eigenvalue weighted by Gasteiger charge is 2.62. The molecule has 13 nitrogen and oxygen atoms in total. The van der Waals surface area contributed by atoms with E-state index in [4.69, 9.17) is 28.4 Å². The minimum Gasteiger partial charge on any atom is -0.458 e. The molecule has 2 aliphatic carbocycles. The molecule has 1 amide bonds. The van der Waals surface area contributed by atoms with Crippen molar-refractivity contribution in [3.63, 3.8) is 0 Å². The van der Waals surface area contributed by atoms with Gasteiger partial charge in [-0.25, -0.2) is 19.2 Å². The average Bonchev–Trinajstić information content (AvgIpc) is 4.03. The van der Waals surface area contributed by atoms with E-state index < -0.39 is 11.9 Å². The van der Waals surface area contributed by atoms with E-state index in [1.807, 2.05) is 13.8 Å². The quantitative estimate of drug-likeness (QED) is 0.0397. The van der Waals surface area contributed by atoms with Crippen LogP contribution >= 0.6 is 0 Å². The van der Waals surface area contributed by atoms with Crippen LogP contribution in [-0.2, 0) is 57.2 Å². The molecule has 0 aromatic heterocycles. The van der Waals surface area contributed by atoms with E-state index >= 15 is 0 Å². The van der Waals surface area contributed by atoms with Gasteiger partial charge in [0.2, 0.25) is 5.91 Å². The Hall–Kier alpha value is -4.62. The van der Waals surface area contributed by atoms with Crippen LogP contribution in [0.15, 0.2) is 71.9 Å². The minimum atomic E-state index is -0.600. The van der Waals surface area contributed by atoms with Crippen LogP contribution in [0.25, 0.3) is 0 Å². The molecule has 0 saturated carbocycles. The second kappa shape index (κ2) is 20.3. The molecule has 60 heavy (non-hydrogen) atoms. The van der Waals surface area contributed by atoms with Gasteiger partial charge in [-0.1, -0.05) is 57.4 Å². The van der Waals surface area contributed by atoms with E-state index in [0.717, 1.165) is 87.9 Å². The third kappa shape index (κ3) is 12.0. The third-order valence-electron chi connectivity index (χ3n) is 12.9. The van der Waals surface area contributed by atoms with Crippen molar-refractivity contribution in [1.29, 1.82) is 0 Å². The van der Waals surface area contributed by atoms with Crippen LogP contribution in [0.5, 0.6) is 0 Å². The number of carbonyl (C=O) groups is 6. The normalized spacial score (nSPS) is 32.8. The molecule has 0 radical (unpaired) electrons. The van der Waals surface area contributed by atoms with Crippen LogP contribution < -0.4 is 5.32 Å². The largest absolute Gasteiger partial charge is 0.458 e. The van der Waals surface area contributed by atoms with E-state index in [9.17, 15) is 28.8 Å². The van der Waals surface area contributed by atoms with Crippen molar-refractivity contribution in [3.05, 3.63) is 71.9 Å². The number of ether oxygens (including phenoxy) is 6. The Labute approximate surface area is 353 Å². The van der Waals surface area contributed by atoms with E-state index in [0.29, 0.717) is 49.8 Å². The summed E-state index contributed by atoms with van der Waals surface area (Å²) in [6.07, 6.45) is 20.5. The number of allylic oxidation sites excluding steroid dienone is 3. The SMILES string of the molecule is C=C1C(=O)O[C@H]2[C@H]1CC/C(COC(=O)/C=C/C(=O)CCCCCCCCCNC(=O)/C=C/C(=O)OC/C1=C/CC[C@@]3(C)O[C@H]3[C@H]3OC(=O)C(=C)[C@@H]3CC1)=C\CC[C@@]1(C)O[C@@H]21. The molecule has 0 spiro atoms. The van der Waals surface area contributed by atoms with Crippen molar-refractivity contribution in [3.8, 4) is 0 Å². The number of amides is 1. The van der Waals surface area contributed by atoms with E-state index in [2.05, 4.69) is 30.6 Å². The molecular weight excluding hydrogens is 771 g/mol. The fraction of sp³-hybridized carbons (Fsp3) is 0.617. The minimum absolute atomic E-state index is 0.105. The van der Waals surface area contributed by atoms with E-state index in [-0.39, 0.29) is 84.3 Å². The maximum atomic E-state index is 12.4. The summed E-state index contributed by atoms with van der Waals surface area (Å²) in [4.78, 5) is 73.7. The third-order valence-corrected chi connectivity index (χ3v) is 12.9. The van der Waals surface area contributed by atoms with Crippen LogP contribution in [-0.4, -0.2) is 90.9 Å². The van der Waals surface area contributed by atoms with Crippen LogP contribution in [0.1, 0.15) is 117 Å². The van der Waals surface area contributed by atoms with Gasteiger partial charge in [0.25, 0.3) is 0 Å². The number of unbranched alkanes of at least 4 members (excludes halogenated alkanes) is 6. The summed E-state index contributed by atoms with van der Waals surface area (Å²) >= 11 is 0. The summed E-state index contributed by atoms with van der Waals surface area (Å²) in [6, 6.07) is 0. The van der Waals surface area contributed by atoms with Crippen molar-refractivity contribution >= 4 is 35.6 Å². The first-order chi connectivity index (χ1) is 28.8. The molecule has 4 saturated heterocycles. The summed E-state index contributed by atoms with van der Waals surface area (Å²) in [6.45, 7) is 12.7. The molecule has 8 atom stereocenters. The molecule has 4 aliphatic heterocycles. The second-order valence-electron chi connectivity index (χ2n) is 17.4. The van der Waals surface area contributed by atoms with Crippen LogP contribution in [0, 0.1) is 11.8 Å². The van der Waals surface area contributed by atoms with Gasteiger partial charge in [0.1, 0.15) is 37.6 Å². The Kier molecular flexibility index (Phi) is 15.2. The van der Waals surface area contributed by atoms with E-state index in [1.54, 1.807) is 0 Å². The first kappa shape index (κ1) is 44.9. The molecule has 0 bridgehead atoms. The Morgan fingerprint density at radius 1 is 0.700 bits per heavy atom. The lowest BCUT2D eigenvalue weighted by atomic mass is 9.84. The molecule has 4 heterocycles. The van der Waals surface area contributed by atoms with Gasteiger partial charge in [-0.3, -0.25) is 9.59 Å². The maximum absolute atomic E-state index is 12.4. The van der Waals surface area contributed by atoms with Crippen LogP contribution in [0.3, 0.4) is 0 Å². The number of hydrogen-bond donors (Lipinski definition) is 1. The Morgan fingerprint density at radius 2 is 1.17 bits per heavy atom. The molecule has 1 N–H and O–H groups in total. The monoisotopic (exact) mass is 831 g/mol. The molecule has 326 valence electrons. The summed E-state index contributed by atoms with van der Waals surface area (Å²) < 4.78 is 34.0. The molecule has 4 fully saturated rings. The van der Waals surface area contributed by atoms with Gasteiger partial charge in [0, 0.05) is 54.2 Å². The Balaban J connectivity index is 0.762. The van der Waals surface area contributed by atoms with Gasteiger partial charge in [-0.2, -0.15) is 0 Å². The number of epoxide rings is 2. The van der Waals surface area contributed by atoms with Crippen molar-refractivity contribution in [1.82, 2.24) is 5.32 Å². The average molecular weight is 832 g/mol. The zero-order valence-electron chi connectivity index (χ0n) is 35.2. The summed E-state index contributed by atoms with van der Waals surface area (Å²) in [5.74, 6) is -2.63. The van der Waals surface area contributed by atoms with Gasteiger partial charge in [0.15, 0.2) is 5.78 Å². The van der Waals surface area contributed by atoms with Gasteiger partial charge in [-0.05, 0) is 95.3 Å². The zero-order valence-corrected chi connectivity index (χ0v) is 35.2. The standard InChI is InChI=1S/C47H61NO12/c1-30-35-20-17-32(14-12-25-46(3)42(59-46)40(35)57-44(30)53)28-55-38(51)23-19-34(49)16-10-8-6-5-7-9-11-27-48-37(50)22-24-39(52)56-29-33-15-13-26-47(4)43(60-47)41-36(21-18-33)31(2)45(54)58-41/h14-15,19,22-24,35-36,40-43H,1-2,5-13,16-18,20-21,25-29H2,3-4H3,(H,48,50)/b23-19+,24-22+,32-14+,33-15+/t35-,36-,40-,41-,42-,43-,46+,47+/m0/s1. The smallest absolute Gasteiger partial charge is 0.334 e. The van der Waals surface area contributed by atoms with E-state index in [1.165, 1.54) is 18.2 Å². The topological polar surface area (TPSA) is 176 Å². The first-order valence-corrected chi connectivity index (χ1v) is 21.8. The van der Waals surface area contributed by atoms with Crippen molar-refractivity contribution < 1.29 is 57.2 Å². The number of nitrogens with one attached hydrogen (secondary N) is 1. The zero-order chi connectivity index (χ0) is 42.9. The maximum Gasteiger partial charge on any atom is 0.334 e. The predicted octanol–water partition coefficient (Wildman–Crippen LogP) is 6.50. The molecular formula is C47H61NO12. The Morgan fingerprint density at radius 3 is 1.68 bits per heavy atom. The Bertz CT molecular complexity index is 1690. The molecule has 0 aromatic rings. The van der Waals surface area contributed by atoms with Crippen LogP contribution in [0.4, 0.5) is 0 Å². The number of esters is 4. The van der Waals surface area contributed by atoms with Gasteiger partial charge >= 0.3 is 23.9 Å². The first-order valence-electron chi connectivity index (χ1n) is 21.8. The lowest BCUT2D eigenvalue weighted by molar-refractivity contribution is -0.140. The lowest BCUT2D eigenvalue weighted by Crippen LogP contribution is -2.29. The number of carbonyl (C=O) groups excluding carboxylic acids is 6. The van der Waals surface area contributed by atoms with Gasteiger partial charge in [-0.15, -0.1) is 0 Å². The van der Waals surface area contributed by atoms with Crippen molar-refractivity contribution in [2.75, 3.05) is 19.8 Å².